The minimum Gasteiger partial charge on any atom is -0.480 e. The van der Waals surface area contributed by atoms with E-state index in [1.807, 2.05) is 30.3 Å². The van der Waals surface area contributed by atoms with Gasteiger partial charge in [-0.1, -0.05) is 30.3 Å². The van der Waals surface area contributed by atoms with Crippen molar-refractivity contribution in [1.29, 1.82) is 0 Å². The highest BCUT2D eigenvalue weighted by atomic mass is 19.1. The van der Waals surface area contributed by atoms with Crippen LogP contribution in [0.1, 0.15) is 12.0 Å². The van der Waals surface area contributed by atoms with Gasteiger partial charge in [0.2, 0.25) is 5.67 Å². The number of hydrogen-bond donors (Lipinski definition) is 4. The normalized spacial score (nSPS) is 39.3. The lowest BCUT2D eigenvalue weighted by Gasteiger charge is -2.32. The first-order valence-corrected chi connectivity index (χ1v) is 7.04. The first-order chi connectivity index (χ1) is 10.3. The summed E-state index contributed by atoms with van der Waals surface area (Å²) < 4.78 is 14.4. The van der Waals surface area contributed by atoms with Gasteiger partial charge in [-0.15, -0.1) is 0 Å². The average Bonchev–Trinajstić information content (AvgIpc) is 2.96. The van der Waals surface area contributed by atoms with Crippen molar-refractivity contribution in [3.63, 3.8) is 0 Å². The van der Waals surface area contributed by atoms with Gasteiger partial charge in [-0.05, 0) is 12.0 Å². The predicted molar refractivity (Wildman–Crippen MR) is 74.7 cm³/mol. The van der Waals surface area contributed by atoms with Gasteiger partial charge < -0.3 is 21.3 Å². The molecule has 0 heterocycles. The fourth-order valence-corrected chi connectivity index (χ4v) is 3.74. The third-order valence-corrected chi connectivity index (χ3v) is 4.96. The van der Waals surface area contributed by atoms with Gasteiger partial charge in [0.25, 0.3) is 0 Å². The molecule has 0 amide bonds. The molecule has 118 valence electrons. The van der Waals surface area contributed by atoms with E-state index in [1.54, 1.807) is 0 Å². The lowest BCUT2D eigenvalue weighted by atomic mass is 9.86. The number of carboxylic acid groups (broad SMARTS) is 2. The van der Waals surface area contributed by atoms with Gasteiger partial charge in [-0.25, -0.2) is 9.18 Å². The number of carboxylic acids is 2. The molecule has 2 aliphatic carbocycles. The molecule has 6 nitrogen and oxygen atoms in total. The number of nitrogens with one attached hydrogen (secondary N) is 1. The minimum atomic E-state index is -2.52. The summed E-state index contributed by atoms with van der Waals surface area (Å²) in [5, 5.41) is 21.5. The third kappa shape index (κ3) is 1.85. The highest BCUT2D eigenvalue weighted by Gasteiger charge is 2.84. The van der Waals surface area contributed by atoms with Crippen molar-refractivity contribution in [3.05, 3.63) is 35.9 Å². The van der Waals surface area contributed by atoms with Crippen molar-refractivity contribution in [2.75, 3.05) is 0 Å². The Morgan fingerprint density at radius 3 is 2.45 bits per heavy atom. The zero-order valence-corrected chi connectivity index (χ0v) is 11.7. The van der Waals surface area contributed by atoms with Crippen LogP contribution in [-0.4, -0.2) is 39.4 Å². The van der Waals surface area contributed by atoms with Crippen LogP contribution < -0.4 is 11.1 Å². The highest BCUT2D eigenvalue weighted by Crippen LogP contribution is 2.66. The van der Waals surface area contributed by atoms with Crippen molar-refractivity contribution in [3.8, 4) is 0 Å². The molecule has 0 aromatic heterocycles. The Bertz CT molecular complexity index is 625. The molecule has 7 heteroatoms. The second kappa shape index (κ2) is 4.76. The van der Waals surface area contributed by atoms with Crippen LogP contribution in [0.4, 0.5) is 4.39 Å². The van der Waals surface area contributed by atoms with E-state index in [1.165, 1.54) is 0 Å². The van der Waals surface area contributed by atoms with Crippen molar-refractivity contribution < 1.29 is 24.2 Å². The fourth-order valence-electron chi connectivity index (χ4n) is 3.74. The number of halogens is 1. The van der Waals surface area contributed by atoms with E-state index < -0.39 is 41.0 Å². The molecule has 0 saturated heterocycles. The van der Waals surface area contributed by atoms with Crippen LogP contribution in [0, 0.1) is 11.8 Å². The summed E-state index contributed by atoms with van der Waals surface area (Å²) in [5.41, 5.74) is 2.46. The Balaban J connectivity index is 1.77. The Kier molecular flexibility index (Phi) is 3.23. The molecule has 2 saturated carbocycles. The van der Waals surface area contributed by atoms with Gasteiger partial charge in [-0.3, -0.25) is 4.79 Å². The zero-order chi connectivity index (χ0) is 16.1. The average molecular weight is 308 g/mol. The lowest BCUT2D eigenvalue weighted by molar-refractivity contribution is -0.150. The summed E-state index contributed by atoms with van der Waals surface area (Å²) in [6.45, 7) is 0.392. The van der Waals surface area contributed by atoms with E-state index in [0.29, 0.717) is 6.54 Å². The maximum Gasteiger partial charge on any atom is 0.342 e. The van der Waals surface area contributed by atoms with Crippen LogP contribution in [0.15, 0.2) is 30.3 Å². The molecule has 2 fully saturated rings. The Hall–Kier alpha value is -1.99. The highest BCUT2D eigenvalue weighted by molar-refractivity contribution is 5.90. The number of fused-ring (bicyclic) bond motifs is 1. The summed E-state index contributed by atoms with van der Waals surface area (Å²) in [5.74, 6) is -5.03. The van der Waals surface area contributed by atoms with Crippen LogP contribution in [0.25, 0.3) is 0 Å². The van der Waals surface area contributed by atoms with Gasteiger partial charge in [0.05, 0.1) is 0 Å². The summed E-state index contributed by atoms with van der Waals surface area (Å²) in [6.07, 6.45) is 0.100. The van der Waals surface area contributed by atoms with Crippen molar-refractivity contribution >= 4 is 11.9 Å². The Labute approximate surface area is 126 Å². The minimum absolute atomic E-state index is 0.100. The molecule has 1 aromatic rings. The van der Waals surface area contributed by atoms with E-state index >= 15 is 0 Å². The first-order valence-electron chi connectivity index (χ1n) is 7.04. The van der Waals surface area contributed by atoms with Gasteiger partial charge in [-0.2, -0.15) is 0 Å². The lowest BCUT2D eigenvalue weighted by Crippen LogP contribution is -2.63. The Morgan fingerprint density at radius 1 is 1.27 bits per heavy atom. The number of alkyl halides is 1. The first kappa shape index (κ1) is 14.9. The fraction of sp³-hybridized carbons (Fsp3) is 0.467. The predicted octanol–water partition coefficient (Wildman–Crippen LogP) is 0.370. The molecule has 0 aliphatic heterocycles. The molecule has 5 N–H and O–H groups in total. The largest absolute Gasteiger partial charge is 0.480 e. The summed E-state index contributed by atoms with van der Waals surface area (Å²) >= 11 is 0. The van der Waals surface area contributed by atoms with Gasteiger partial charge in [0.15, 0.2) is 0 Å². The number of nitrogens with two attached hydrogens (primary N) is 1. The molecule has 2 aliphatic rings. The second-order valence-electron chi connectivity index (χ2n) is 6.05. The van der Waals surface area contributed by atoms with E-state index in [2.05, 4.69) is 5.32 Å². The number of rotatable bonds is 5. The van der Waals surface area contributed by atoms with E-state index in [0.717, 1.165) is 5.56 Å². The third-order valence-electron chi connectivity index (χ3n) is 4.96. The molecule has 5 atom stereocenters. The van der Waals surface area contributed by atoms with Gasteiger partial charge in [0.1, 0.15) is 5.54 Å². The van der Waals surface area contributed by atoms with Crippen LogP contribution in [0.2, 0.25) is 0 Å². The van der Waals surface area contributed by atoms with E-state index in [4.69, 9.17) is 10.8 Å². The smallest absolute Gasteiger partial charge is 0.342 e. The van der Waals surface area contributed by atoms with Crippen molar-refractivity contribution in [1.82, 2.24) is 5.32 Å². The van der Waals surface area contributed by atoms with Gasteiger partial charge >= 0.3 is 11.9 Å². The SMILES string of the molecule is NC1(C(=O)O)C(NCc2ccccc2)CC2C1C2(F)C(=O)O. The van der Waals surface area contributed by atoms with Crippen LogP contribution in [-0.2, 0) is 16.1 Å². The van der Waals surface area contributed by atoms with E-state index in [9.17, 15) is 19.1 Å². The summed E-state index contributed by atoms with van der Waals surface area (Å²) in [6, 6.07) is 8.66. The molecule has 0 spiro atoms. The molecule has 5 unspecified atom stereocenters. The van der Waals surface area contributed by atoms with Crippen LogP contribution >= 0.6 is 0 Å². The van der Waals surface area contributed by atoms with Crippen LogP contribution in [0.3, 0.4) is 0 Å². The van der Waals surface area contributed by atoms with Crippen molar-refractivity contribution in [2.24, 2.45) is 17.6 Å². The molecule has 0 radical (unpaired) electrons. The zero-order valence-electron chi connectivity index (χ0n) is 11.7. The summed E-state index contributed by atoms with van der Waals surface area (Å²) in [4.78, 5) is 22.6. The molecular weight excluding hydrogens is 291 g/mol. The summed E-state index contributed by atoms with van der Waals surface area (Å²) in [7, 11) is 0. The second-order valence-corrected chi connectivity index (χ2v) is 6.05. The molecule has 3 rings (SSSR count). The number of carbonyl (C=O) groups is 2. The molecule has 1 aromatic carbocycles. The standard InChI is InChI=1S/C15H17FN2O4/c16-14(12(19)20)9-6-10(15(17,11(9)14)13(21)22)18-7-8-4-2-1-3-5-8/h1-5,9-11,18H,6-7,17H2,(H,19,20)(H,21,22). The molecule has 0 bridgehead atoms. The maximum atomic E-state index is 14.4. The molecular formula is C15H17FN2O4. The van der Waals surface area contributed by atoms with E-state index in [-0.39, 0.29) is 6.42 Å². The van der Waals surface area contributed by atoms with Crippen molar-refractivity contribution in [2.45, 2.75) is 30.2 Å². The number of benzene rings is 1. The molecule has 22 heavy (non-hydrogen) atoms. The maximum absolute atomic E-state index is 14.4. The number of aliphatic carboxylic acids is 2. The quantitative estimate of drug-likeness (QED) is 0.625. The van der Waals surface area contributed by atoms with Gasteiger partial charge in [0, 0.05) is 24.4 Å². The topological polar surface area (TPSA) is 113 Å². The Morgan fingerprint density at radius 2 is 1.91 bits per heavy atom. The van der Waals surface area contributed by atoms with Crippen LogP contribution in [0.5, 0.6) is 0 Å². The number of hydrogen-bond acceptors (Lipinski definition) is 4. The monoisotopic (exact) mass is 308 g/mol.